The van der Waals surface area contributed by atoms with Crippen molar-refractivity contribution < 1.29 is 0 Å². The summed E-state index contributed by atoms with van der Waals surface area (Å²) in [6.45, 7) is 3.83. The fourth-order valence-corrected chi connectivity index (χ4v) is 1.75. The summed E-state index contributed by atoms with van der Waals surface area (Å²) in [6.07, 6.45) is 0. The maximum atomic E-state index is 8.92. The number of nitrogens with zero attached hydrogens (tertiary/aromatic N) is 4. The van der Waals surface area contributed by atoms with Crippen molar-refractivity contribution in [1.29, 1.82) is 5.26 Å². The Morgan fingerprint density at radius 1 is 1.17 bits per heavy atom. The van der Waals surface area contributed by atoms with E-state index in [1.165, 1.54) is 5.56 Å². The Balaban J connectivity index is 2.43. The van der Waals surface area contributed by atoms with Gasteiger partial charge in [-0.2, -0.15) is 5.26 Å². The molecular formula is C14H14N4. The van der Waals surface area contributed by atoms with Gasteiger partial charge in [-0.05, 0) is 31.5 Å². The number of rotatable bonds is 2. The van der Waals surface area contributed by atoms with Crippen molar-refractivity contribution in [3.05, 3.63) is 47.4 Å². The Kier molecular flexibility index (Phi) is 3.24. The Labute approximate surface area is 107 Å². The second-order valence-corrected chi connectivity index (χ2v) is 4.17. The maximum Gasteiger partial charge on any atom is 0.146 e. The van der Waals surface area contributed by atoms with Crippen molar-refractivity contribution in [3.63, 3.8) is 0 Å². The summed E-state index contributed by atoms with van der Waals surface area (Å²) in [5, 5.41) is 8.92. The average molecular weight is 238 g/mol. The van der Waals surface area contributed by atoms with Crippen molar-refractivity contribution in [2.75, 3.05) is 11.9 Å². The number of hydrogen-bond acceptors (Lipinski definition) is 4. The number of benzene rings is 1. The van der Waals surface area contributed by atoms with E-state index in [2.05, 4.69) is 16.0 Å². The first kappa shape index (κ1) is 12.1. The third-order valence-corrected chi connectivity index (χ3v) is 2.67. The number of aromatic nitrogens is 2. The molecule has 0 atom stereocenters. The summed E-state index contributed by atoms with van der Waals surface area (Å²) >= 11 is 0. The van der Waals surface area contributed by atoms with Crippen molar-refractivity contribution in [2.24, 2.45) is 0 Å². The normalized spacial score (nSPS) is 9.89. The summed E-state index contributed by atoms with van der Waals surface area (Å²) < 4.78 is 0. The topological polar surface area (TPSA) is 52.8 Å². The lowest BCUT2D eigenvalue weighted by atomic mass is 10.2. The molecule has 90 valence electrons. The highest BCUT2D eigenvalue weighted by Gasteiger charge is 2.08. The first-order chi connectivity index (χ1) is 8.60. The Hall–Kier alpha value is -2.41. The summed E-state index contributed by atoms with van der Waals surface area (Å²) in [5.41, 5.74) is 2.61. The Morgan fingerprint density at radius 3 is 2.61 bits per heavy atom. The molecule has 0 aliphatic rings. The SMILES string of the molecule is Cc1cccc(N(C)c2cc(C#N)nc(C)n2)c1. The number of anilines is 2. The quantitative estimate of drug-likeness (QED) is 0.807. The zero-order valence-electron chi connectivity index (χ0n) is 10.7. The molecule has 0 amide bonds. The lowest BCUT2D eigenvalue weighted by molar-refractivity contribution is 1.000. The van der Waals surface area contributed by atoms with Gasteiger partial charge < -0.3 is 4.90 Å². The van der Waals surface area contributed by atoms with Gasteiger partial charge in [0.25, 0.3) is 0 Å². The van der Waals surface area contributed by atoms with Crippen molar-refractivity contribution in [2.45, 2.75) is 13.8 Å². The third kappa shape index (κ3) is 2.46. The minimum absolute atomic E-state index is 0.386. The van der Waals surface area contributed by atoms with Gasteiger partial charge in [0.15, 0.2) is 0 Å². The first-order valence-corrected chi connectivity index (χ1v) is 5.66. The van der Waals surface area contributed by atoms with Crippen LogP contribution in [0.25, 0.3) is 0 Å². The molecule has 0 spiro atoms. The molecule has 0 saturated heterocycles. The summed E-state index contributed by atoms with van der Waals surface area (Å²) in [5.74, 6) is 1.33. The van der Waals surface area contributed by atoms with Crippen LogP contribution in [-0.2, 0) is 0 Å². The van der Waals surface area contributed by atoms with E-state index < -0.39 is 0 Å². The molecule has 0 N–H and O–H groups in total. The van der Waals surface area contributed by atoms with E-state index in [-0.39, 0.29) is 0 Å². The number of nitriles is 1. The molecule has 0 unspecified atom stereocenters. The number of hydrogen-bond donors (Lipinski definition) is 0. The van der Waals surface area contributed by atoms with Gasteiger partial charge in [-0.3, -0.25) is 0 Å². The molecule has 4 nitrogen and oxygen atoms in total. The summed E-state index contributed by atoms with van der Waals surface area (Å²) in [4.78, 5) is 10.3. The van der Waals surface area contributed by atoms with Gasteiger partial charge in [0, 0.05) is 18.8 Å². The predicted octanol–water partition coefficient (Wildman–Crippen LogP) is 2.73. The molecule has 1 aromatic carbocycles. The van der Waals surface area contributed by atoms with Gasteiger partial charge in [0.2, 0.25) is 0 Å². The summed E-state index contributed by atoms with van der Waals surface area (Å²) in [6, 6.07) is 11.9. The lowest BCUT2D eigenvalue weighted by Crippen LogP contribution is -2.12. The van der Waals surface area contributed by atoms with Gasteiger partial charge in [-0.1, -0.05) is 12.1 Å². The highest BCUT2D eigenvalue weighted by atomic mass is 15.2. The molecule has 1 heterocycles. The average Bonchev–Trinajstić information content (AvgIpc) is 2.37. The predicted molar refractivity (Wildman–Crippen MR) is 70.7 cm³/mol. The molecule has 0 saturated carbocycles. The standard InChI is InChI=1S/C14H14N4/c1-10-5-4-6-13(7-10)18(3)14-8-12(9-15)16-11(2)17-14/h4-8H,1-3H3. The minimum Gasteiger partial charge on any atom is -0.329 e. The summed E-state index contributed by atoms with van der Waals surface area (Å²) in [7, 11) is 1.93. The number of aryl methyl sites for hydroxylation is 2. The van der Waals surface area contributed by atoms with E-state index in [1.807, 2.05) is 43.1 Å². The van der Waals surface area contributed by atoms with E-state index in [0.29, 0.717) is 11.5 Å². The monoisotopic (exact) mass is 238 g/mol. The van der Waals surface area contributed by atoms with Crippen LogP contribution in [0.3, 0.4) is 0 Å². The smallest absolute Gasteiger partial charge is 0.146 e. The molecular weight excluding hydrogens is 224 g/mol. The van der Waals surface area contributed by atoms with Gasteiger partial charge in [-0.25, -0.2) is 9.97 Å². The molecule has 0 radical (unpaired) electrons. The fraction of sp³-hybridized carbons (Fsp3) is 0.214. The Bertz CT molecular complexity index is 613. The van der Waals surface area contributed by atoms with Gasteiger partial charge in [0.1, 0.15) is 23.4 Å². The molecule has 2 rings (SSSR count). The van der Waals surface area contributed by atoms with Crippen LogP contribution < -0.4 is 4.90 Å². The van der Waals surface area contributed by atoms with E-state index in [9.17, 15) is 0 Å². The van der Waals surface area contributed by atoms with E-state index in [0.717, 1.165) is 11.5 Å². The molecule has 0 aliphatic carbocycles. The Morgan fingerprint density at radius 2 is 1.94 bits per heavy atom. The third-order valence-electron chi connectivity index (χ3n) is 2.67. The van der Waals surface area contributed by atoms with Crippen LogP contribution in [0.4, 0.5) is 11.5 Å². The van der Waals surface area contributed by atoms with Crippen LogP contribution in [0.1, 0.15) is 17.1 Å². The van der Waals surface area contributed by atoms with Gasteiger partial charge >= 0.3 is 0 Å². The molecule has 0 bridgehead atoms. The molecule has 1 aromatic heterocycles. The largest absolute Gasteiger partial charge is 0.329 e. The van der Waals surface area contributed by atoms with Crippen LogP contribution in [0, 0.1) is 25.2 Å². The molecule has 18 heavy (non-hydrogen) atoms. The van der Waals surface area contributed by atoms with Crippen molar-refractivity contribution in [1.82, 2.24) is 9.97 Å². The van der Waals surface area contributed by atoms with E-state index in [4.69, 9.17) is 5.26 Å². The lowest BCUT2D eigenvalue weighted by Gasteiger charge is -2.19. The molecule has 4 heteroatoms. The zero-order valence-corrected chi connectivity index (χ0v) is 10.7. The van der Waals surface area contributed by atoms with Gasteiger partial charge in [-0.15, -0.1) is 0 Å². The van der Waals surface area contributed by atoms with Gasteiger partial charge in [0.05, 0.1) is 0 Å². The van der Waals surface area contributed by atoms with E-state index in [1.54, 1.807) is 13.0 Å². The van der Waals surface area contributed by atoms with Crippen LogP contribution in [0.5, 0.6) is 0 Å². The van der Waals surface area contributed by atoms with Crippen molar-refractivity contribution in [3.8, 4) is 6.07 Å². The van der Waals surface area contributed by atoms with Crippen LogP contribution in [-0.4, -0.2) is 17.0 Å². The first-order valence-electron chi connectivity index (χ1n) is 5.66. The molecule has 2 aromatic rings. The van der Waals surface area contributed by atoms with Crippen molar-refractivity contribution >= 4 is 11.5 Å². The van der Waals surface area contributed by atoms with Crippen LogP contribution in [0.2, 0.25) is 0 Å². The second kappa shape index (κ2) is 4.84. The van der Waals surface area contributed by atoms with Crippen LogP contribution >= 0.6 is 0 Å². The maximum absolute atomic E-state index is 8.92. The van der Waals surface area contributed by atoms with E-state index >= 15 is 0 Å². The molecule has 0 fully saturated rings. The minimum atomic E-state index is 0.386. The highest BCUT2D eigenvalue weighted by Crippen LogP contribution is 2.22. The fourth-order valence-electron chi connectivity index (χ4n) is 1.75. The molecule has 0 aliphatic heterocycles. The zero-order chi connectivity index (χ0) is 13.1. The highest BCUT2D eigenvalue weighted by molar-refractivity contribution is 5.60. The van der Waals surface area contributed by atoms with Crippen LogP contribution in [0.15, 0.2) is 30.3 Å². The second-order valence-electron chi connectivity index (χ2n) is 4.17.